The second-order valence-corrected chi connectivity index (χ2v) is 3.74. The molecule has 0 atom stereocenters. The molecule has 1 aromatic carbocycles. The van der Waals surface area contributed by atoms with Crippen LogP contribution in [-0.4, -0.2) is 14.2 Å². The van der Waals surface area contributed by atoms with Crippen LogP contribution in [0.15, 0.2) is 17.5 Å². The van der Waals surface area contributed by atoms with E-state index in [2.05, 4.69) is 0 Å². The minimum absolute atomic E-state index is 0.758. The predicted molar refractivity (Wildman–Crippen MR) is 59.3 cm³/mol. The molecule has 2 rings (SSSR count). The Morgan fingerprint density at radius 2 is 1.86 bits per heavy atom. The van der Waals surface area contributed by atoms with Crippen molar-refractivity contribution in [3.63, 3.8) is 0 Å². The number of anilines is 1. The van der Waals surface area contributed by atoms with E-state index in [4.69, 9.17) is 15.2 Å². The molecular weight excluding hydrogens is 198 g/mol. The average Bonchev–Trinajstić information content (AvgIpc) is 2.63. The molecular formula is C10H11NO2S. The molecule has 0 aliphatic carbocycles. The van der Waals surface area contributed by atoms with Crippen molar-refractivity contribution in [2.75, 3.05) is 20.0 Å². The van der Waals surface area contributed by atoms with Crippen molar-refractivity contribution in [1.29, 1.82) is 0 Å². The molecule has 2 aromatic rings. The van der Waals surface area contributed by atoms with Crippen molar-refractivity contribution in [1.82, 2.24) is 0 Å². The maximum absolute atomic E-state index is 5.85. The summed E-state index contributed by atoms with van der Waals surface area (Å²) in [6.45, 7) is 0. The van der Waals surface area contributed by atoms with Crippen molar-refractivity contribution < 1.29 is 9.47 Å². The lowest BCUT2D eigenvalue weighted by Crippen LogP contribution is -1.89. The number of nitrogens with two attached hydrogens (primary N) is 1. The summed E-state index contributed by atoms with van der Waals surface area (Å²) in [5.74, 6) is 1.61. The quantitative estimate of drug-likeness (QED) is 0.773. The Bertz CT molecular complexity index is 464. The Hall–Kier alpha value is -1.42. The average molecular weight is 209 g/mol. The molecule has 0 saturated carbocycles. The number of nitrogen functional groups attached to an aromatic ring is 1. The first-order valence-electron chi connectivity index (χ1n) is 4.15. The second kappa shape index (κ2) is 3.38. The van der Waals surface area contributed by atoms with Gasteiger partial charge in [-0.05, 0) is 12.1 Å². The normalized spacial score (nSPS) is 10.4. The largest absolute Gasteiger partial charge is 0.496 e. The lowest BCUT2D eigenvalue weighted by atomic mass is 10.2. The van der Waals surface area contributed by atoms with Crippen molar-refractivity contribution in [2.45, 2.75) is 0 Å². The predicted octanol–water partition coefficient (Wildman–Crippen LogP) is 2.50. The minimum Gasteiger partial charge on any atom is -0.496 e. The van der Waals surface area contributed by atoms with E-state index < -0.39 is 0 Å². The zero-order valence-corrected chi connectivity index (χ0v) is 8.85. The fraction of sp³-hybridized carbons (Fsp3) is 0.200. The Kier molecular flexibility index (Phi) is 2.21. The summed E-state index contributed by atoms with van der Waals surface area (Å²) in [5, 5.41) is 2.89. The molecule has 0 fully saturated rings. The van der Waals surface area contributed by atoms with E-state index in [1.807, 2.05) is 17.5 Å². The molecule has 14 heavy (non-hydrogen) atoms. The molecule has 1 heterocycles. The van der Waals surface area contributed by atoms with Crippen LogP contribution in [0.2, 0.25) is 0 Å². The standard InChI is InChI=1S/C10H11NO2S/c1-12-7-4-3-6(11)10-9(7)8(13-2)5-14-10/h3-5H,11H2,1-2H3. The van der Waals surface area contributed by atoms with Crippen molar-refractivity contribution >= 4 is 27.1 Å². The Balaban J connectivity index is 2.82. The number of thiophene rings is 1. The van der Waals surface area contributed by atoms with Gasteiger partial charge in [0.1, 0.15) is 11.5 Å². The van der Waals surface area contributed by atoms with Gasteiger partial charge in [0.25, 0.3) is 0 Å². The van der Waals surface area contributed by atoms with Crippen LogP contribution in [-0.2, 0) is 0 Å². The van der Waals surface area contributed by atoms with Gasteiger partial charge in [-0.2, -0.15) is 0 Å². The summed E-state index contributed by atoms with van der Waals surface area (Å²) in [4.78, 5) is 0. The first-order valence-corrected chi connectivity index (χ1v) is 5.03. The number of methoxy groups -OCH3 is 2. The molecule has 0 bridgehead atoms. The molecule has 1 aromatic heterocycles. The number of benzene rings is 1. The highest BCUT2D eigenvalue weighted by Gasteiger charge is 2.11. The molecule has 0 aliphatic rings. The molecule has 0 aliphatic heterocycles. The van der Waals surface area contributed by atoms with Crippen LogP contribution in [0.5, 0.6) is 11.5 Å². The van der Waals surface area contributed by atoms with E-state index in [1.165, 1.54) is 0 Å². The summed E-state index contributed by atoms with van der Waals surface area (Å²) in [5.41, 5.74) is 6.61. The summed E-state index contributed by atoms with van der Waals surface area (Å²) in [7, 11) is 3.28. The highest BCUT2D eigenvalue weighted by molar-refractivity contribution is 7.18. The molecule has 0 radical (unpaired) electrons. The summed E-state index contributed by atoms with van der Waals surface area (Å²) in [6.07, 6.45) is 0. The third-order valence-electron chi connectivity index (χ3n) is 2.12. The number of fused-ring (bicyclic) bond motifs is 1. The van der Waals surface area contributed by atoms with Crippen LogP contribution in [0.3, 0.4) is 0 Å². The fourth-order valence-corrected chi connectivity index (χ4v) is 2.39. The van der Waals surface area contributed by atoms with Gasteiger partial charge in [0.2, 0.25) is 0 Å². The Morgan fingerprint density at radius 3 is 2.50 bits per heavy atom. The highest BCUT2D eigenvalue weighted by Crippen LogP contribution is 2.41. The van der Waals surface area contributed by atoms with Crippen LogP contribution in [0.4, 0.5) is 5.69 Å². The molecule has 0 unspecified atom stereocenters. The lowest BCUT2D eigenvalue weighted by molar-refractivity contribution is 0.406. The van der Waals surface area contributed by atoms with Crippen LogP contribution < -0.4 is 15.2 Å². The number of hydrogen-bond acceptors (Lipinski definition) is 4. The van der Waals surface area contributed by atoms with Gasteiger partial charge in [0.05, 0.1) is 24.3 Å². The summed E-state index contributed by atoms with van der Waals surface area (Å²) in [6, 6.07) is 3.70. The molecule has 4 heteroatoms. The molecule has 0 amide bonds. The van der Waals surface area contributed by atoms with Gasteiger partial charge in [-0.3, -0.25) is 0 Å². The van der Waals surface area contributed by atoms with E-state index >= 15 is 0 Å². The summed E-state index contributed by atoms with van der Waals surface area (Å²) >= 11 is 1.56. The van der Waals surface area contributed by atoms with Gasteiger partial charge in [0, 0.05) is 11.1 Å². The van der Waals surface area contributed by atoms with Gasteiger partial charge >= 0.3 is 0 Å². The minimum atomic E-state index is 0.758. The lowest BCUT2D eigenvalue weighted by Gasteiger charge is -2.05. The first kappa shape index (κ1) is 9.15. The van der Waals surface area contributed by atoms with Crippen molar-refractivity contribution in [3.8, 4) is 11.5 Å². The number of rotatable bonds is 2. The van der Waals surface area contributed by atoms with E-state index in [1.54, 1.807) is 25.6 Å². The zero-order chi connectivity index (χ0) is 10.1. The molecule has 0 saturated heterocycles. The van der Waals surface area contributed by atoms with Crippen molar-refractivity contribution in [3.05, 3.63) is 17.5 Å². The Labute approximate surface area is 86.1 Å². The van der Waals surface area contributed by atoms with Crippen LogP contribution in [0.1, 0.15) is 0 Å². The van der Waals surface area contributed by atoms with Gasteiger partial charge in [-0.15, -0.1) is 11.3 Å². The second-order valence-electron chi connectivity index (χ2n) is 2.87. The third kappa shape index (κ3) is 1.19. The highest BCUT2D eigenvalue weighted by atomic mass is 32.1. The van der Waals surface area contributed by atoms with Gasteiger partial charge < -0.3 is 15.2 Å². The first-order chi connectivity index (χ1) is 6.77. The van der Waals surface area contributed by atoms with Gasteiger partial charge in [0.15, 0.2) is 0 Å². The van der Waals surface area contributed by atoms with E-state index in [0.29, 0.717) is 0 Å². The summed E-state index contributed by atoms with van der Waals surface area (Å²) < 4.78 is 11.5. The van der Waals surface area contributed by atoms with Crippen molar-refractivity contribution in [2.24, 2.45) is 0 Å². The number of ether oxygens (including phenoxy) is 2. The van der Waals surface area contributed by atoms with Crippen LogP contribution >= 0.6 is 11.3 Å². The zero-order valence-electron chi connectivity index (χ0n) is 8.03. The SMILES string of the molecule is COc1ccc(N)c2scc(OC)c12. The molecule has 3 nitrogen and oxygen atoms in total. The third-order valence-corrected chi connectivity index (χ3v) is 3.13. The van der Waals surface area contributed by atoms with Gasteiger partial charge in [-0.25, -0.2) is 0 Å². The smallest absolute Gasteiger partial charge is 0.141 e. The van der Waals surface area contributed by atoms with Crippen LogP contribution in [0.25, 0.3) is 10.1 Å². The maximum atomic E-state index is 5.85. The van der Waals surface area contributed by atoms with E-state index in [-0.39, 0.29) is 0 Å². The van der Waals surface area contributed by atoms with Crippen LogP contribution in [0, 0.1) is 0 Å². The Morgan fingerprint density at radius 1 is 1.14 bits per heavy atom. The van der Waals surface area contributed by atoms with E-state index in [9.17, 15) is 0 Å². The van der Waals surface area contributed by atoms with Gasteiger partial charge in [-0.1, -0.05) is 0 Å². The molecule has 2 N–H and O–H groups in total. The molecule has 0 spiro atoms. The monoisotopic (exact) mass is 209 g/mol. The fourth-order valence-electron chi connectivity index (χ4n) is 1.43. The molecule has 74 valence electrons. The maximum Gasteiger partial charge on any atom is 0.141 e. The topological polar surface area (TPSA) is 44.5 Å². The van der Waals surface area contributed by atoms with E-state index in [0.717, 1.165) is 27.3 Å². The number of hydrogen-bond donors (Lipinski definition) is 1.